The number of fused-ring (bicyclic) bond motifs is 1. The lowest BCUT2D eigenvalue weighted by Gasteiger charge is -2.13. The Morgan fingerprint density at radius 2 is 2.05 bits per heavy atom. The van der Waals surface area contributed by atoms with Crippen LogP contribution in [-0.4, -0.2) is 14.5 Å². The van der Waals surface area contributed by atoms with Crippen molar-refractivity contribution in [2.24, 2.45) is 0 Å². The second-order valence-corrected chi connectivity index (χ2v) is 5.14. The highest BCUT2D eigenvalue weighted by Gasteiger charge is 2.11. The van der Waals surface area contributed by atoms with Gasteiger partial charge in [-0.1, -0.05) is 12.1 Å². The minimum absolute atomic E-state index is 0.0699. The molecule has 2 heterocycles. The van der Waals surface area contributed by atoms with E-state index in [2.05, 4.69) is 9.97 Å². The van der Waals surface area contributed by atoms with E-state index < -0.39 is 0 Å². The molecule has 0 atom stereocenters. The minimum atomic E-state index is -0.0699. The van der Waals surface area contributed by atoms with E-state index in [1.807, 2.05) is 31.2 Å². The first kappa shape index (κ1) is 13.8. The summed E-state index contributed by atoms with van der Waals surface area (Å²) in [7, 11) is 0. The Labute approximate surface area is 127 Å². The van der Waals surface area contributed by atoms with Crippen molar-refractivity contribution in [3.63, 3.8) is 0 Å². The third-order valence-electron chi connectivity index (χ3n) is 3.54. The number of benzene rings is 1. The molecule has 1 aromatic carbocycles. The molecular formula is C16H14ClN3O. The van der Waals surface area contributed by atoms with E-state index in [4.69, 9.17) is 11.6 Å². The molecule has 0 aliphatic rings. The van der Waals surface area contributed by atoms with Crippen LogP contribution < -0.4 is 5.56 Å². The number of hydrogen-bond acceptors (Lipinski definition) is 3. The summed E-state index contributed by atoms with van der Waals surface area (Å²) in [5.41, 5.74) is 2.69. The van der Waals surface area contributed by atoms with Crippen molar-refractivity contribution in [3.05, 3.63) is 70.0 Å². The van der Waals surface area contributed by atoms with Gasteiger partial charge in [-0.25, -0.2) is 4.98 Å². The van der Waals surface area contributed by atoms with Crippen molar-refractivity contribution in [3.8, 4) is 0 Å². The van der Waals surface area contributed by atoms with Gasteiger partial charge in [0, 0.05) is 12.4 Å². The van der Waals surface area contributed by atoms with Crippen molar-refractivity contribution in [1.29, 1.82) is 0 Å². The van der Waals surface area contributed by atoms with Gasteiger partial charge in [-0.15, -0.1) is 11.6 Å². The molecule has 106 valence electrons. The molecule has 0 unspecified atom stereocenters. The maximum atomic E-state index is 12.7. The molecule has 0 aliphatic carbocycles. The standard InChI is InChI=1S/C16H14ClN3O/c1-11-6-7-18-9-12(11)10-20-15(8-17)19-14-5-3-2-4-13(14)16(20)21/h2-7,9H,8,10H2,1H3. The lowest BCUT2D eigenvalue weighted by atomic mass is 10.1. The first-order chi connectivity index (χ1) is 10.2. The summed E-state index contributed by atoms with van der Waals surface area (Å²) < 4.78 is 1.62. The highest BCUT2D eigenvalue weighted by molar-refractivity contribution is 6.16. The first-order valence-electron chi connectivity index (χ1n) is 6.64. The fourth-order valence-electron chi connectivity index (χ4n) is 2.31. The van der Waals surface area contributed by atoms with Gasteiger partial charge >= 0.3 is 0 Å². The Balaban J connectivity index is 2.20. The van der Waals surface area contributed by atoms with Crippen molar-refractivity contribution in [2.45, 2.75) is 19.3 Å². The van der Waals surface area contributed by atoms with Gasteiger partial charge in [0.1, 0.15) is 5.82 Å². The van der Waals surface area contributed by atoms with Gasteiger partial charge in [-0.3, -0.25) is 14.3 Å². The van der Waals surface area contributed by atoms with Crippen LogP contribution in [0.2, 0.25) is 0 Å². The molecule has 0 fully saturated rings. The fourth-order valence-corrected chi connectivity index (χ4v) is 2.52. The zero-order valence-corrected chi connectivity index (χ0v) is 12.3. The van der Waals surface area contributed by atoms with Gasteiger partial charge in [0.25, 0.3) is 5.56 Å². The van der Waals surface area contributed by atoms with Crippen molar-refractivity contribution < 1.29 is 0 Å². The second kappa shape index (κ2) is 5.66. The molecule has 3 rings (SSSR count). The predicted molar refractivity (Wildman–Crippen MR) is 83.6 cm³/mol. The van der Waals surface area contributed by atoms with Crippen LogP contribution >= 0.6 is 11.6 Å². The number of rotatable bonds is 3. The molecule has 2 aromatic heterocycles. The summed E-state index contributed by atoms with van der Waals surface area (Å²) in [6, 6.07) is 9.24. The normalized spacial score (nSPS) is 11.0. The van der Waals surface area contributed by atoms with E-state index in [-0.39, 0.29) is 11.4 Å². The monoisotopic (exact) mass is 299 g/mol. The molecule has 3 aromatic rings. The van der Waals surface area contributed by atoms with Crippen molar-refractivity contribution in [1.82, 2.24) is 14.5 Å². The van der Waals surface area contributed by atoms with E-state index in [1.165, 1.54) is 0 Å². The van der Waals surface area contributed by atoms with E-state index in [0.29, 0.717) is 23.3 Å². The van der Waals surface area contributed by atoms with Crippen LogP contribution in [0, 0.1) is 6.92 Å². The Bertz CT molecular complexity index is 858. The van der Waals surface area contributed by atoms with Gasteiger partial charge in [-0.05, 0) is 36.2 Å². The number of halogens is 1. The molecule has 4 nitrogen and oxygen atoms in total. The maximum absolute atomic E-state index is 12.7. The second-order valence-electron chi connectivity index (χ2n) is 4.87. The van der Waals surface area contributed by atoms with E-state index in [0.717, 1.165) is 11.1 Å². The lowest BCUT2D eigenvalue weighted by molar-refractivity contribution is 0.701. The van der Waals surface area contributed by atoms with E-state index >= 15 is 0 Å². The highest BCUT2D eigenvalue weighted by Crippen LogP contribution is 2.12. The zero-order chi connectivity index (χ0) is 14.8. The van der Waals surface area contributed by atoms with Crippen LogP contribution in [-0.2, 0) is 12.4 Å². The van der Waals surface area contributed by atoms with E-state index in [1.54, 1.807) is 23.0 Å². The molecule has 0 N–H and O–H groups in total. The Morgan fingerprint density at radius 3 is 2.81 bits per heavy atom. The number of hydrogen-bond donors (Lipinski definition) is 0. The molecule has 0 saturated carbocycles. The van der Waals surface area contributed by atoms with Gasteiger partial charge in [0.2, 0.25) is 0 Å². The van der Waals surface area contributed by atoms with Crippen LogP contribution in [0.3, 0.4) is 0 Å². The van der Waals surface area contributed by atoms with Crippen LogP contribution in [0.1, 0.15) is 17.0 Å². The summed E-state index contributed by atoms with van der Waals surface area (Å²) in [6.07, 6.45) is 3.51. The molecule has 0 aliphatic heterocycles. The van der Waals surface area contributed by atoms with Gasteiger partial charge < -0.3 is 0 Å². The zero-order valence-electron chi connectivity index (χ0n) is 11.6. The number of pyridine rings is 1. The molecule has 0 amide bonds. The maximum Gasteiger partial charge on any atom is 0.261 e. The quantitative estimate of drug-likeness (QED) is 0.699. The van der Waals surface area contributed by atoms with Gasteiger partial charge in [0.15, 0.2) is 0 Å². The summed E-state index contributed by atoms with van der Waals surface area (Å²) >= 11 is 5.97. The summed E-state index contributed by atoms with van der Waals surface area (Å²) in [6.45, 7) is 2.43. The molecule has 0 bridgehead atoms. The van der Waals surface area contributed by atoms with Crippen LogP contribution in [0.25, 0.3) is 10.9 Å². The largest absolute Gasteiger partial charge is 0.291 e. The van der Waals surface area contributed by atoms with Crippen molar-refractivity contribution in [2.75, 3.05) is 0 Å². The Kier molecular flexibility index (Phi) is 3.71. The SMILES string of the molecule is Cc1ccncc1Cn1c(CCl)nc2ccccc2c1=O. The first-order valence-corrected chi connectivity index (χ1v) is 7.18. The Hall–Kier alpha value is -2.20. The molecule has 21 heavy (non-hydrogen) atoms. The third-order valence-corrected chi connectivity index (χ3v) is 3.78. The third kappa shape index (κ3) is 2.54. The lowest BCUT2D eigenvalue weighted by Crippen LogP contribution is -2.25. The van der Waals surface area contributed by atoms with Gasteiger partial charge in [0.05, 0.1) is 23.3 Å². The summed E-state index contributed by atoms with van der Waals surface area (Å²) in [4.78, 5) is 21.3. The minimum Gasteiger partial charge on any atom is -0.291 e. The number of alkyl halides is 1. The summed E-state index contributed by atoms with van der Waals surface area (Å²) in [5.74, 6) is 0.767. The number of aryl methyl sites for hydroxylation is 1. The van der Waals surface area contributed by atoms with Crippen LogP contribution in [0.5, 0.6) is 0 Å². The van der Waals surface area contributed by atoms with Crippen molar-refractivity contribution >= 4 is 22.5 Å². The highest BCUT2D eigenvalue weighted by atomic mass is 35.5. The molecule has 0 radical (unpaired) electrons. The average molecular weight is 300 g/mol. The topological polar surface area (TPSA) is 47.8 Å². The number of nitrogens with zero attached hydrogens (tertiary/aromatic N) is 3. The van der Waals surface area contributed by atoms with Crippen LogP contribution in [0.4, 0.5) is 0 Å². The predicted octanol–water partition coefficient (Wildman–Crippen LogP) is 2.89. The Morgan fingerprint density at radius 1 is 1.24 bits per heavy atom. The molecule has 5 heteroatoms. The van der Waals surface area contributed by atoms with Crippen LogP contribution in [0.15, 0.2) is 47.5 Å². The number of para-hydroxylation sites is 1. The smallest absolute Gasteiger partial charge is 0.261 e. The van der Waals surface area contributed by atoms with Gasteiger partial charge in [-0.2, -0.15) is 0 Å². The summed E-state index contributed by atoms with van der Waals surface area (Å²) in [5, 5.41) is 0.605. The molecule has 0 spiro atoms. The average Bonchev–Trinajstić information content (AvgIpc) is 2.52. The number of aromatic nitrogens is 3. The molecule has 0 saturated heterocycles. The fraction of sp³-hybridized carbons (Fsp3) is 0.188. The molecular weight excluding hydrogens is 286 g/mol. The van der Waals surface area contributed by atoms with E-state index in [9.17, 15) is 4.79 Å².